The van der Waals surface area contributed by atoms with Gasteiger partial charge in [-0.2, -0.15) is 0 Å². The van der Waals surface area contributed by atoms with Gasteiger partial charge in [-0.3, -0.25) is 9.69 Å². The predicted molar refractivity (Wildman–Crippen MR) is 82.5 cm³/mol. The maximum Gasteiger partial charge on any atom is 0.305 e. The summed E-state index contributed by atoms with van der Waals surface area (Å²) in [5, 5.41) is 0. The van der Waals surface area contributed by atoms with E-state index in [1.54, 1.807) is 6.07 Å². The van der Waals surface area contributed by atoms with Crippen molar-refractivity contribution in [3.63, 3.8) is 0 Å². The van der Waals surface area contributed by atoms with Gasteiger partial charge >= 0.3 is 5.97 Å². The van der Waals surface area contributed by atoms with Crippen molar-refractivity contribution >= 4 is 5.97 Å². The molecule has 4 heteroatoms. The number of hydrogen-bond donors (Lipinski definition) is 0. The van der Waals surface area contributed by atoms with Crippen LogP contribution in [0.1, 0.15) is 51.1 Å². The first-order chi connectivity index (χ1) is 10.1. The monoisotopic (exact) mass is 295 g/mol. The number of rotatable bonds is 9. The molecule has 0 saturated heterocycles. The van der Waals surface area contributed by atoms with Gasteiger partial charge in [0.15, 0.2) is 0 Å². The zero-order valence-electron chi connectivity index (χ0n) is 13.3. The van der Waals surface area contributed by atoms with Crippen molar-refractivity contribution in [3.8, 4) is 0 Å². The molecule has 0 aliphatic heterocycles. The Kier molecular flexibility index (Phi) is 7.98. The van der Waals surface area contributed by atoms with Gasteiger partial charge in [0, 0.05) is 18.0 Å². The van der Waals surface area contributed by atoms with Crippen molar-refractivity contribution in [2.75, 3.05) is 20.2 Å². The first-order valence-corrected chi connectivity index (χ1v) is 7.66. The van der Waals surface area contributed by atoms with Crippen molar-refractivity contribution in [2.24, 2.45) is 0 Å². The number of nitrogens with zero attached hydrogens (tertiary/aromatic N) is 1. The Morgan fingerprint density at radius 1 is 1.29 bits per heavy atom. The molecule has 3 nitrogen and oxygen atoms in total. The minimum atomic E-state index is -0.154. The number of hydrogen-bond acceptors (Lipinski definition) is 3. The van der Waals surface area contributed by atoms with Crippen LogP contribution < -0.4 is 0 Å². The minimum absolute atomic E-state index is 0.0521. The van der Waals surface area contributed by atoms with Crippen LogP contribution in [0.4, 0.5) is 4.39 Å². The highest BCUT2D eigenvalue weighted by Gasteiger charge is 2.14. The van der Waals surface area contributed by atoms with Crippen LogP contribution in [0.2, 0.25) is 0 Å². The smallest absolute Gasteiger partial charge is 0.305 e. The van der Waals surface area contributed by atoms with Crippen molar-refractivity contribution in [1.29, 1.82) is 0 Å². The molecule has 1 rings (SSSR count). The lowest BCUT2D eigenvalue weighted by Crippen LogP contribution is -2.24. The van der Waals surface area contributed by atoms with Crippen molar-refractivity contribution in [2.45, 2.75) is 45.6 Å². The molecule has 0 radical (unpaired) electrons. The van der Waals surface area contributed by atoms with E-state index < -0.39 is 0 Å². The Morgan fingerprint density at radius 2 is 2.00 bits per heavy atom. The lowest BCUT2D eigenvalue weighted by atomic mass is 10.1. The fourth-order valence-corrected chi connectivity index (χ4v) is 2.29. The quantitative estimate of drug-likeness (QED) is 0.510. The number of benzene rings is 1. The number of ether oxygens (including phenoxy) is 1. The highest BCUT2D eigenvalue weighted by molar-refractivity contribution is 5.69. The van der Waals surface area contributed by atoms with Gasteiger partial charge in [-0.05, 0) is 46.3 Å². The van der Waals surface area contributed by atoms with Crippen LogP contribution in [0.15, 0.2) is 24.3 Å². The summed E-state index contributed by atoms with van der Waals surface area (Å²) in [6.07, 6.45) is 3.31. The molecular formula is C17H26FNO2. The zero-order chi connectivity index (χ0) is 15.7. The van der Waals surface area contributed by atoms with Crippen LogP contribution in [0.5, 0.6) is 0 Å². The maximum absolute atomic E-state index is 13.7. The number of carbonyl (C=O) groups is 1. The van der Waals surface area contributed by atoms with Crippen molar-refractivity contribution in [3.05, 3.63) is 35.6 Å². The van der Waals surface area contributed by atoms with E-state index in [0.29, 0.717) is 13.0 Å². The highest BCUT2D eigenvalue weighted by Crippen LogP contribution is 2.21. The molecule has 0 amide bonds. The average molecular weight is 295 g/mol. The largest absolute Gasteiger partial charge is 0.466 e. The second-order valence-electron chi connectivity index (χ2n) is 5.29. The minimum Gasteiger partial charge on any atom is -0.466 e. The molecule has 1 atom stereocenters. The maximum atomic E-state index is 13.7. The molecule has 0 heterocycles. The summed E-state index contributed by atoms with van der Waals surface area (Å²) >= 11 is 0. The third-order valence-corrected chi connectivity index (χ3v) is 3.71. The van der Waals surface area contributed by atoms with E-state index in [4.69, 9.17) is 4.74 Å². The third kappa shape index (κ3) is 6.25. The Balaban J connectivity index is 2.26. The molecule has 118 valence electrons. The van der Waals surface area contributed by atoms with Crippen LogP contribution >= 0.6 is 0 Å². The highest BCUT2D eigenvalue weighted by atomic mass is 19.1. The second kappa shape index (κ2) is 9.50. The average Bonchev–Trinajstić information content (AvgIpc) is 2.46. The first-order valence-electron chi connectivity index (χ1n) is 7.66. The van der Waals surface area contributed by atoms with Gasteiger partial charge in [-0.1, -0.05) is 24.6 Å². The molecule has 0 saturated carbocycles. The molecule has 0 aromatic heterocycles. The van der Waals surface area contributed by atoms with Crippen LogP contribution in [0.3, 0.4) is 0 Å². The number of esters is 1. The van der Waals surface area contributed by atoms with E-state index in [-0.39, 0.29) is 17.8 Å². The summed E-state index contributed by atoms with van der Waals surface area (Å²) in [6.45, 7) is 5.16. The zero-order valence-corrected chi connectivity index (χ0v) is 13.3. The number of carbonyl (C=O) groups excluding carboxylic acids is 1. The van der Waals surface area contributed by atoms with Crippen LogP contribution in [-0.2, 0) is 9.53 Å². The van der Waals surface area contributed by atoms with E-state index >= 15 is 0 Å². The van der Waals surface area contributed by atoms with Gasteiger partial charge in [-0.25, -0.2) is 4.39 Å². The molecular weight excluding hydrogens is 269 g/mol. The van der Waals surface area contributed by atoms with Gasteiger partial charge in [0.1, 0.15) is 5.82 Å². The molecule has 0 aliphatic rings. The Labute approximate surface area is 127 Å². The van der Waals surface area contributed by atoms with Crippen LogP contribution in [-0.4, -0.2) is 31.1 Å². The molecule has 21 heavy (non-hydrogen) atoms. The third-order valence-electron chi connectivity index (χ3n) is 3.71. The summed E-state index contributed by atoms with van der Waals surface area (Å²) in [4.78, 5) is 13.3. The lowest BCUT2D eigenvalue weighted by Gasteiger charge is -2.25. The fourth-order valence-electron chi connectivity index (χ4n) is 2.29. The van der Waals surface area contributed by atoms with Gasteiger partial charge in [0.25, 0.3) is 0 Å². The van der Waals surface area contributed by atoms with Gasteiger partial charge in [0.05, 0.1) is 6.61 Å². The van der Waals surface area contributed by atoms with E-state index in [1.165, 1.54) is 6.07 Å². The second-order valence-corrected chi connectivity index (χ2v) is 5.29. The molecule has 1 unspecified atom stereocenters. The fraction of sp³-hybridized carbons (Fsp3) is 0.588. The van der Waals surface area contributed by atoms with E-state index in [9.17, 15) is 9.18 Å². The SMILES string of the molecule is CCOC(=O)CCCCCN(C)C(C)c1ccccc1F. The van der Waals surface area contributed by atoms with Crippen molar-refractivity contribution in [1.82, 2.24) is 4.90 Å². The van der Waals surface area contributed by atoms with E-state index in [0.717, 1.165) is 31.4 Å². The molecule has 0 spiro atoms. The standard InChI is InChI=1S/C17H26FNO2/c1-4-21-17(20)12-6-5-9-13-19(3)14(2)15-10-7-8-11-16(15)18/h7-8,10-11,14H,4-6,9,12-13H2,1-3H3. The number of halogens is 1. The van der Waals surface area contributed by atoms with Gasteiger partial charge in [-0.15, -0.1) is 0 Å². The Hall–Kier alpha value is -1.42. The molecule has 0 aliphatic carbocycles. The summed E-state index contributed by atoms with van der Waals surface area (Å²) < 4.78 is 18.6. The summed E-state index contributed by atoms with van der Waals surface area (Å²) in [7, 11) is 2.00. The van der Waals surface area contributed by atoms with Crippen LogP contribution in [0, 0.1) is 5.82 Å². The molecule has 0 N–H and O–H groups in total. The molecule has 1 aromatic carbocycles. The Bertz CT molecular complexity index is 437. The molecule has 0 fully saturated rings. The summed E-state index contributed by atoms with van der Waals surface area (Å²) in [5.74, 6) is -0.273. The van der Waals surface area contributed by atoms with Crippen LogP contribution in [0.25, 0.3) is 0 Å². The topological polar surface area (TPSA) is 29.5 Å². The lowest BCUT2D eigenvalue weighted by molar-refractivity contribution is -0.143. The van der Waals surface area contributed by atoms with E-state index in [2.05, 4.69) is 4.90 Å². The Morgan fingerprint density at radius 3 is 2.67 bits per heavy atom. The van der Waals surface area contributed by atoms with Crippen molar-refractivity contribution < 1.29 is 13.9 Å². The first kappa shape index (κ1) is 17.6. The summed E-state index contributed by atoms with van der Waals surface area (Å²) in [6, 6.07) is 6.95. The normalized spacial score (nSPS) is 12.4. The van der Waals surface area contributed by atoms with Gasteiger partial charge < -0.3 is 4.74 Å². The predicted octanol–water partition coefficient (Wildman–Crippen LogP) is 3.94. The van der Waals surface area contributed by atoms with E-state index in [1.807, 2.05) is 33.0 Å². The molecule has 1 aromatic rings. The number of unbranched alkanes of at least 4 members (excludes halogenated alkanes) is 2. The molecule has 0 bridgehead atoms. The summed E-state index contributed by atoms with van der Waals surface area (Å²) in [5.41, 5.74) is 0.728. The van der Waals surface area contributed by atoms with Gasteiger partial charge in [0.2, 0.25) is 0 Å².